The van der Waals surface area contributed by atoms with Crippen LogP contribution in [0.5, 0.6) is 11.5 Å². The van der Waals surface area contributed by atoms with Crippen LogP contribution < -0.4 is 20.1 Å². The molecule has 11 heteroatoms. The van der Waals surface area contributed by atoms with Gasteiger partial charge in [0.1, 0.15) is 23.8 Å². The van der Waals surface area contributed by atoms with Gasteiger partial charge in [-0.05, 0) is 57.5 Å². The molecule has 3 aromatic carbocycles. The predicted molar refractivity (Wildman–Crippen MR) is 155 cm³/mol. The largest absolute Gasteiger partial charge is 0.493 e. The molecular formula is C32H33F2N3O6. The summed E-state index contributed by atoms with van der Waals surface area (Å²) in [5.74, 6) is -1.22. The number of benzene rings is 3. The van der Waals surface area contributed by atoms with E-state index in [1.54, 1.807) is 45.9 Å². The number of hydrogen-bond donors (Lipinski definition) is 2. The number of aromatic nitrogens is 1. The van der Waals surface area contributed by atoms with Gasteiger partial charge in [0.05, 0.1) is 13.2 Å². The molecule has 0 aliphatic carbocycles. The van der Waals surface area contributed by atoms with Gasteiger partial charge in [-0.2, -0.15) is 0 Å². The monoisotopic (exact) mass is 593 g/mol. The number of halogens is 2. The van der Waals surface area contributed by atoms with Crippen LogP contribution in [0.2, 0.25) is 0 Å². The molecule has 0 spiro atoms. The van der Waals surface area contributed by atoms with E-state index in [4.69, 9.17) is 18.6 Å². The first-order valence-corrected chi connectivity index (χ1v) is 13.5. The molecule has 43 heavy (non-hydrogen) atoms. The highest BCUT2D eigenvalue weighted by molar-refractivity contribution is 5.94. The molecular weight excluding hydrogens is 560 g/mol. The zero-order chi connectivity index (χ0) is 31.1. The summed E-state index contributed by atoms with van der Waals surface area (Å²) in [7, 11) is 1.52. The van der Waals surface area contributed by atoms with E-state index in [1.807, 2.05) is 30.3 Å². The van der Waals surface area contributed by atoms with Crippen molar-refractivity contribution in [1.29, 1.82) is 0 Å². The quantitative estimate of drug-likeness (QED) is 0.210. The maximum Gasteiger partial charge on any atom is 0.408 e. The van der Waals surface area contributed by atoms with Crippen molar-refractivity contribution in [3.05, 3.63) is 101 Å². The van der Waals surface area contributed by atoms with E-state index < -0.39 is 35.3 Å². The SMILES string of the molecule is COc1ccc(-c2nc(C(=O)NCc3ccc(F)cc3F)c(C(C)NC(=O)OC(C)(C)C)o2)cc1OCc1ccccc1. The lowest BCUT2D eigenvalue weighted by Crippen LogP contribution is -2.34. The van der Waals surface area contributed by atoms with Gasteiger partial charge in [-0.25, -0.2) is 18.6 Å². The number of methoxy groups -OCH3 is 1. The summed E-state index contributed by atoms with van der Waals surface area (Å²) in [6, 6.07) is 16.8. The Bertz CT molecular complexity index is 1580. The number of carbonyl (C=O) groups is 2. The molecule has 1 atom stereocenters. The van der Waals surface area contributed by atoms with E-state index in [-0.39, 0.29) is 36.1 Å². The minimum absolute atomic E-state index is 0.0421. The minimum atomic E-state index is -0.841. The third-order valence-corrected chi connectivity index (χ3v) is 6.10. The molecule has 9 nitrogen and oxygen atoms in total. The Kier molecular flexibility index (Phi) is 9.64. The van der Waals surface area contributed by atoms with Crippen LogP contribution in [0.3, 0.4) is 0 Å². The number of alkyl carbamates (subject to hydrolysis) is 1. The van der Waals surface area contributed by atoms with Gasteiger partial charge in [0.2, 0.25) is 5.89 Å². The Hall–Kier alpha value is -4.93. The maximum absolute atomic E-state index is 14.2. The van der Waals surface area contributed by atoms with Crippen LogP contribution in [0.15, 0.2) is 71.1 Å². The third-order valence-electron chi connectivity index (χ3n) is 6.10. The van der Waals surface area contributed by atoms with Gasteiger partial charge >= 0.3 is 6.09 Å². The maximum atomic E-state index is 14.2. The minimum Gasteiger partial charge on any atom is -0.493 e. The second-order valence-corrected chi connectivity index (χ2v) is 10.7. The Balaban J connectivity index is 1.64. The zero-order valence-corrected chi connectivity index (χ0v) is 24.5. The van der Waals surface area contributed by atoms with Crippen molar-refractivity contribution in [2.45, 2.75) is 52.5 Å². The number of nitrogens with one attached hydrogen (secondary N) is 2. The topological polar surface area (TPSA) is 112 Å². The third kappa shape index (κ3) is 8.31. The van der Waals surface area contributed by atoms with Crippen LogP contribution >= 0.6 is 0 Å². The van der Waals surface area contributed by atoms with Gasteiger partial charge in [-0.15, -0.1) is 0 Å². The first kappa shape index (κ1) is 31.0. The average molecular weight is 594 g/mol. The van der Waals surface area contributed by atoms with Gasteiger partial charge in [0.15, 0.2) is 23.0 Å². The van der Waals surface area contributed by atoms with E-state index in [2.05, 4.69) is 15.6 Å². The number of oxazole rings is 1. The van der Waals surface area contributed by atoms with E-state index in [0.717, 1.165) is 17.7 Å². The van der Waals surface area contributed by atoms with E-state index >= 15 is 0 Å². The van der Waals surface area contributed by atoms with E-state index in [9.17, 15) is 18.4 Å². The molecule has 2 N–H and O–H groups in total. The molecule has 2 amide bonds. The summed E-state index contributed by atoms with van der Waals surface area (Å²) in [4.78, 5) is 30.2. The fraction of sp³-hybridized carbons (Fsp3) is 0.281. The number of ether oxygens (including phenoxy) is 3. The number of nitrogens with zero attached hydrogens (tertiary/aromatic N) is 1. The highest BCUT2D eigenvalue weighted by Crippen LogP contribution is 2.34. The Morgan fingerprint density at radius 1 is 1.00 bits per heavy atom. The highest BCUT2D eigenvalue weighted by atomic mass is 19.1. The van der Waals surface area contributed by atoms with Crippen molar-refractivity contribution in [1.82, 2.24) is 15.6 Å². The smallest absolute Gasteiger partial charge is 0.408 e. The molecule has 4 rings (SSSR count). The molecule has 0 fully saturated rings. The lowest BCUT2D eigenvalue weighted by molar-refractivity contribution is 0.0501. The average Bonchev–Trinajstić information content (AvgIpc) is 3.41. The zero-order valence-electron chi connectivity index (χ0n) is 24.5. The van der Waals surface area contributed by atoms with Crippen LogP contribution in [-0.2, 0) is 17.9 Å². The number of carbonyl (C=O) groups excluding carboxylic acids is 2. The van der Waals surface area contributed by atoms with E-state index in [1.165, 1.54) is 13.2 Å². The normalized spacial score (nSPS) is 11.9. The second-order valence-electron chi connectivity index (χ2n) is 10.7. The van der Waals surface area contributed by atoms with Gasteiger partial charge in [0, 0.05) is 23.7 Å². The summed E-state index contributed by atoms with van der Waals surface area (Å²) in [6.45, 7) is 6.81. The number of hydrogen-bond acceptors (Lipinski definition) is 7. The summed E-state index contributed by atoms with van der Waals surface area (Å²) in [6.07, 6.45) is -0.723. The highest BCUT2D eigenvalue weighted by Gasteiger charge is 2.28. The molecule has 1 heterocycles. The van der Waals surface area contributed by atoms with Crippen LogP contribution in [0.4, 0.5) is 13.6 Å². The van der Waals surface area contributed by atoms with Crippen LogP contribution in [-0.4, -0.2) is 29.7 Å². The van der Waals surface area contributed by atoms with Gasteiger partial charge < -0.3 is 29.3 Å². The van der Waals surface area contributed by atoms with Crippen molar-refractivity contribution < 1.29 is 37.0 Å². The first-order valence-electron chi connectivity index (χ1n) is 13.5. The van der Waals surface area contributed by atoms with E-state index in [0.29, 0.717) is 17.1 Å². The molecule has 1 aromatic heterocycles. The number of amides is 2. The molecule has 4 aromatic rings. The molecule has 0 aliphatic heterocycles. The summed E-state index contributed by atoms with van der Waals surface area (Å²) in [5, 5.41) is 5.23. The molecule has 0 bridgehead atoms. The fourth-order valence-electron chi connectivity index (χ4n) is 4.04. The lowest BCUT2D eigenvalue weighted by Gasteiger charge is -2.21. The fourth-order valence-corrected chi connectivity index (χ4v) is 4.04. The standard InChI is InChI=1S/C32H33F2N3O6/c1-19(36-31(39)43-32(2,3)4)28-27(29(38)35-17-22-11-13-23(33)16-24(22)34)37-30(42-28)21-12-14-25(40-5)26(15-21)41-18-20-9-7-6-8-10-20/h6-16,19H,17-18H2,1-5H3,(H,35,38)(H,36,39). The molecule has 0 radical (unpaired) electrons. The van der Waals surface area contributed by atoms with Crippen LogP contribution in [0, 0.1) is 11.6 Å². The van der Waals surface area contributed by atoms with Gasteiger partial charge in [-0.1, -0.05) is 36.4 Å². The number of rotatable bonds is 10. The summed E-state index contributed by atoms with van der Waals surface area (Å²) >= 11 is 0. The van der Waals surface area contributed by atoms with Crippen LogP contribution in [0.1, 0.15) is 61.1 Å². The van der Waals surface area contributed by atoms with Gasteiger partial charge in [0.25, 0.3) is 5.91 Å². The molecule has 226 valence electrons. The predicted octanol–water partition coefficient (Wildman–Crippen LogP) is 6.72. The molecule has 1 unspecified atom stereocenters. The molecule has 0 aliphatic rings. The van der Waals surface area contributed by atoms with Crippen molar-refractivity contribution in [3.63, 3.8) is 0 Å². The Labute approximate surface area is 248 Å². The summed E-state index contributed by atoms with van der Waals surface area (Å²) in [5.41, 5.74) is 0.610. The lowest BCUT2D eigenvalue weighted by atomic mass is 10.1. The molecule has 0 saturated carbocycles. The summed E-state index contributed by atoms with van der Waals surface area (Å²) < 4.78 is 50.3. The molecule has 0 saturated heterocycles. The first-order chi connectivity index (χ1) is 20.4. The Morgan fingerprint density at radius 2 is 1.74 bits per heavy atom. The Morgan fingerprint density at radius 3 is 2.42 bits per heavy atom. The van der Waals surface area contributed by atoms with Crippen LogP contribution in [0.25, 0.3) is 11.5 Å². The van der Waals surface area contributed by atoms with Crippen molar-refractivity contribution in [2.24, 2.45) is 0 Å². The van der Waals surface area contributed by atoms with Crippen molar-refractivity contribution >= 4 is 12.0 Å². The van der Waals surface area contributed by atoms with Crippen molar-refractivity contribution in [3.8, 4) is 23.0 Å². The second kappa shape index (κ2) is 13.4. The van der Waals surface area contributed by atoms with Crippen molar-refractivity contribution in [2.75, 3.05) is 7.11 Å². The van der Waals surface area contributed by atoms with Gasteiger partial charge in [-0.3, -0.25) is 4.79 Å².